The number of aryl methyl sites for hydroxylation is 1. The Morgan fingerprint density at radius 3 is 2.75 bits per heavy atom. The Bertz CT molecular complexity index is 661. The van der Waals surface area contributed by atoms with Gasteiger partial charge in [-0.05, 0) is 6.92 Å². The van der Waals surface area contributed by atoms with Crippen molar-refractivity contribution in [3.8, 4) is 5.13 Å². The topological polar surface area (TPSA) is 80.6 Å². The second-order valence-corrected chi connectivity index (χ2v) is 3.93. The van der Waals surface area contributed by atoms with E-state index < -0.39 is 22.2 Å². The molecule has 0 unspecified atom stereocenters. The van der Waals surface area contributed by atoms with Crippen molar-refractivity contribution in [2.45, 2.75) is 6.92 Å². The number of aromatic nitrogens is 4. The molecule has 9 heteroatoms. The molecule has 0 bridgehead atoms. The normalized spacial score (nSPS) is 10.7. The predicted octanol–water partition coefficient (Wildman–Crippen LogP) is 0.478. The van der Waals surface area contributed by atoms with Crippen molar-refractivity contribution in [1.82, 2.24) is 18.9 Å². The average Bonchev–Trinajstić information content (AvgIpc) is 2.61. The summed E-state index contributed by atoms with van der Waals surface area (Å²) in [7, 11) is 0. The quantitative estimate of drug-likeness (QED) is 0.758. The number of aromatic amines is 1. The van der Waals surface area contributed by atoms with E-state index in [0.29, 0.717) is 10.4 Å². The van der Waals surface area contributed by atoms with Gasteiger partial charge in [0.05, 0.1) is 0 Å². The molecular weight excluding hydrogens is 259 g/mol. The highest BCUT2D eigenvalue weighted by atomic mass is 35.5. The maximum atomic E-state index is 13.2. The highest BCUT2D eigenvalue weighted by molar-refractivity contribution is 7.08. The minimum Gasteiger partial charge on any atom is -0.295 e. The van der Waals surface area contributed by atoms with E-state index in [1.165, 1.54) is 0 Å². The molecule has 2 heterocycles. The third-order valence-corrected chi connectivity index (χ3v) is 2.76. The van der Waals surface area contributed by atoms with Crippen LogP contribution in [0.25, 0.3) is 5.13 Å². The fourth-order valence-electron chi connectivity index (χ4n) is 1.04. The van der Waals surface area contributed by atoms with Gasteiger partial charge in [0, 0.05) is 11.5 Å². The number of nitrogens with one attached hydrogen (secondary N) is 1. The van der Waals surface area contributed by atoms with Gasteiger partial charge >= 0.3 is 5.69 Å². The molecule has 0 saturated heterocycles. The molecule has 6 nitrogen and oxygen atoms in total. The molecular formula is C7H4ClFN4O2S. The van der Waals surface area contributed by atoms with E-state index in [4.69, 9.17) is 11.6 Å². The zero-order chi connectivity index (χ0) is 11.9. The van der Waals surface area contributed by atoms with Gasteiger partial charge in [0.25, 0.3) is 5.56 Å². The van der Waals surface area contributed by atoms with Gasteiger partial charge in [-0.15, -0.1) is 0 Å². The van der Waals surface area contributed by atoms with Crippen molar-refractivity contribution in [1.29, 1.82) is 0 Å². The zero-order valence-corrected chi connectivity index (χ0v) is 9.39. The smallest absolute Gasteiger partial charge is 0.295 e. The third kappa shape index (κ3) is 1.65. The Kier molecular flexibility index (Phi) is 2.60. The summed E-state index contributed by atoms with van der Waals surface area (Å²) in [5.74, 6) is -0.837. The number of H-pyrrole nitrogens is 1. The van der Waals surface area contributed by atoms with Gasteiger partial charge in [0.15, 0.2) is 5.15 Å². The molecule has 0 saturated carbocycles. The lowest BCUT2D eigenvalue weighted by Gasteiger charge is -1.99. The Hall–Kier alpha value is -1.54. The average molecular weight is 263 g/mol. The van der Waals surface area contributed by atoms with Gasteiger partial charge in [0.2, 0.25) is 10.9 Å². The van der Waals surface area contributed by atoms with Crippen LogP contribution in [0, 0.1) is 12.7 Å². The molecule has 0 radical (unpaired) electrons. The molecule has 84 valence electrons. The first-order valence-electron chi connectivity index (χ1n) is 4.01. The van der Waals surface area contributed by atoms with Gasteiger partial charge in [-0.1, -0.05) is 11.6 Å². The molecule has 0 atom stereocenters. The van der Waals surface area contributed by atoms with Crippen LogP contribution in [0.4, 0.5) is 4.39 Å². The van der Waals surface area contributed by atoms with E-state index in [2.05, 4.69) is 9.36 Å². The number of hydrogen-bond acceptors (Lipinski definition) is 5. The van der Waals surface area contributed by atoms with Gasteiger partial charge in [0.1, 0.15) is 5.82 Å². The second kappa shape index (κ2) is 3.80. The van der Waals surface area contributed by atoms with E-state index in [-0.39, 0.29) is 5.13 Å². The van der Waals surface area contributed by atoms with Gasteiger partial charge < -0.3 is 0 Å². The predicted molar refractivity (Wildman–Crippen MR) is 55.8 cm³/mol. The number of rotatable bonds is 1. The number of halogens is 2. The van der Waals surface area contributed by atoms with E-state index in [1.54, 1.807) is 6.92 Å². The molecule has 0 aromatic carbocycles. The summed E-state index contributed by atoms with van der Waals surface area (Å²) in [6.07, 6.45) is 0. The molecule has 2 aromatic rings. The summed E-state index contributed by atoms with van der Waals surface area (Å²) in [5.41, 5.74) is -2.00. The van der Waals surface area contributed by atoms with Crippen molar-refractivity contribution >= 4 is 23.1 Å². The highest BCUT2D eigenvalue weighted by Gasteiger charge is 2.16. The lowest BCUT2D eigenvalue weighted by molar-refractivity contribution is 0.584. The standard InChI is InChI=1S/C7H4ClFN4O2S/c1-2-10-7(16-12-2)13-5(14)3(9)4(8)11-6(13)15/h1H3,(H,11,15). The Balaban J connectivity index is 2.81. The van der Waals surface area contributed by atoms with Crippen LogP contribution in [0.5, 0.6) is 0 Å². The Morgan fingerprint density at radius 2 is 2.19 bits per heavy atom. The van der Waals surface area contributed by atoms with Crippen LogP contribution in [0.3, 0.4) is 0 Å². The van der Waals surface area contributed by atoms with Crippen molar-refractivity contribution < 1.29 is 4.39 Å². The SMILES string of the molecule is Cc1nsc(-n2c(=O)[nH]c(Cl)c(F)c2=O)n1. The van der Waals surface area contributed by atoms with E-state index in [1.807, 2.05) is 4.98 Å². The van der Waals surface area contributed by atoms with E-state index >= 15 is 0 Å². The summed E-state index contributed by atoms with van der Waals surface area (Å²) < 4.78 is 17.5. The van der Waals surface area contributed by atoms with Gasteiger partial charge in [-0.25, -0.2) is 9.78 Å². The fraction of sp³-hybridized carbons (Fsp3) is 0.143. The first kappa shape index (κ1) is 11.0. The van der Waals surface area contributed by atoms with Crippen LogP contribution >= 0.6 is 23.1 Å². The molecule has 0 aliphatic rings. The van der Waals surface area contributed by atoms with Crippen LogP contribution in [-0.4, -0.2) is 18.9 Å². The molecule has 0 spiro atoms. The zero-order valence-electron chi connectivity index (χ0n) is 7.82. The molecule has 0 amide bonds. The van der Waals surface area contributed by atoms with Crippen LogP contribution < -0.4 is 11.2 Å². The van der Waals surface area contributed by atoms with Crippen LogP contribution in [0.1, 0.15) is 5.82 Å². The Morgan fingerprint density at radius 1 is 1.50 bits per heavy atom. The highest BCUT2D eigenvalue weighted by Crippen LogP contribution is 2.08. The first-order chi connectivity index (χ1) is 7.50. The summed E-state index contributed by atoms with van der Waals surface area (Å²) >= 11 is 6.12. The van der Waals surface area contributed by atoms with Crippen LogP contribution in [0.15, 0.2) is 9.59 Å². The minimum atomic E-state index is -1.23. The largest absolute Gasteiger partial charge is 0.336 e. The first-order valence-corrected chi connectivity index (χ1v) is 5.17. The van der Waals surface area contributed by atoms with E-state index in [0.717, 1.165) is 11.5 Å². The molecule has 1 N–H and O–H groups in total. The van der Waals surface area contributed by atoms with Gasteiger partial charge in [-0.3, -0.25) is 9.78 Å². The number of hydrogen-bond donors (Lipinski definition) is 1. The van der Waals surface area contributed by atoms with Crippen molar-refractivity contribution in [3.05, 3.63) is 37.6 Å². The molecule has 0 aliphatic heterocycles. The monoisotopic (exact) mass is 262 g/mol. The summed E-state index contributed by atoms with van der Waals surface area (Å²) in [4.78, 5) is 28.7. The fourth-order valence-corrected chi connectivity index (χ4v) is 1.88. The molecule has 0 aliphatic carbocycles. The number of nitrogens with zero attached hydrogens (tertiary/aromatic N) is 3. The summed E-state index contributed by atoms with van der Waals surface area (Å²) in [5, 5.41) is -0.619. The molecule has 2 aromatic heterocycles. The lowest BCUT2D eigenvalue weighted by atomic mass is 10.6. The minimum absolute atomic E-state index is 0.000633. The van der Waals surface area contributed by atoms with Crippen LogP contribution in [0.2, 0.25) is 5.15 Å². The summed E-state index contributed by atoms with van der Waals surface area (Å²) in [6, 6.07) is 0. The lowest BCUT2D eigenvalue weighted by Crippen LogP contribution is -2.35. The van der Waals surface area contributed by atoms with Crippen molar-refractivity contribution in [2.75, 3.05) is 0 Å². The summed E-state index contributed by atoms with van der Waals surface area (Å²) in [6.45, 7) is 1.59. The van der Waals surface area contributed by atoms with E-state index in [9.17, 15) is 14.0 Å². The Labute approximate surface area is 96.5 Å². The maximum Gasteiger partial charge on any atom is 0.336 e. The second-order valence-electron chi connectivity index (χ2n) is 2.82. The van der Waals surface area contributed by atoms with Crippen molar-refractivity contribution in [2.24, 2.45) is 0 Å². The van der Waals surface area contributed by atoms with Gasteiger partial charge in [-0.2, -0.15) is 13.3 Å². The third-order valence-electron chi connectivity index (χ3n) is 1.71. The van der Waals surface area contributed by atoms with Crippen molar-refractivity contribution in [3.63, 3.8) is 0 Å². The molecule has 16 heavy (non-hydrogen) atoms. The maximum absolute atomic E-state index is 13.2. The molecule has 2 rings (SSSR count). The van der Waals surface area contributed by atoms with Crippen LogP contribution in [-0.2, 0) is 0 Å². The molecule has 0 fully saturated rings.